The van der Waals surface area contributed by atoms with Crippen LogP contribution in [0.2, 0.25) is 5.02 Å². The number of amides is 1. The molecule has 0 unspecified atom stereocenters. The molecule has 0 radical (unpaired) electrons. The second-order valence-electron chi connectivity index (χ2n) is 5.55. The Kier molecular flexibility index (Phi) is 6.85. The van der Waals surface area contributed by atoms with Crippen molar-refractivity contribution in [3.05, 3.63) is 64.7 Å². The summed E-state index contributed by atoms with van der Waals surface area (Å²) in [7, 11) is -3.86. The van der Waals surface area contributed by atoms with E-state index in [4.69, 9.17) is 11.6 Å². The van der Waals surface area contributed by atoms with Crippen LogP contribution < -0.4 is 10.0 Å². The third kappa shape index (κ3) is 6.23. The first-order valence-electron chi connectivity index (χ1n) is 7.76. The van der Waals surface area contributed by atoms with Crippen molar-refractivity contribution in [3.8, 4) is 0 Å². The van der Waals surface area contributed by atoms with Gasteiger partial charge >= 0.3 is 6.18 Å². The normalized spacial score (nSPS) is 12.0. The number of hydrogen-bond acceptors (Lipinski definition) is 3. The van der Waals surface area contributed by atoms with E-state index in [2.05, 4.69) is 10.0 Å². The largest absolute Gasteiger partial charge is 0.416 e. The molecule has 10 heteroatoms. The monoisotopic (exact) mass is 420 g/mol. The molecule has 0 aliphatic rings. The molecule has 0 atom stereocenters. The molecule has 0 heterocycles. The Morgan fingerprint density at radius 1 is 1.07 bits per heavy atom. The summed E-state index contributed by atoms with van der Waals surface area (Å²) in [4.78, 5) is 11.7. The summed E-state index contributed by atoms with van der Waals surface area (Å²) in [5, 5.41) is 2.50. The zero-order chi connectivity index (χ0) is 20.1. The number of alkyl halides is 3. The SMILES string of the molecule is O=C(CCNS(=O)(=O)c1ccccc1Cl)NCc1cccc(C(F)(F)F)c1. The molecule has 0 aromatic heterocycles. The van der Waals surface area contributed by atoms with Gasteiger partial charge in [0.25, 0.3) is 0 Å². The molecule has 2 N–H and O–H groups in total. The lowest BCUT2D eigenvalue weighted by Gasteiger charge is -2.10. The van der Waals surface area contributed by atoms with Crippen molar-refractivity contribution in [1.82, 2.24) is 10.0 Å². The van der Waals surface area contributed by atoms with Crippen molar-refractivity contribution >= 4 is 27.5 Å². The molecule has 0 aliphatic heterocycles. The third-order valence-corrected chi connectivity index (χ3v) is 5.48. The Balaban J connectivity index is 1.84. The molecule has 0 spiro atoms. The second-order valence-corrected chi connectivity index (χ2v) is 7.70. The van der Waals surface area contributed by atoms with Crippen molar-refractivity contribution in [2.45, 2.75) is 24.0 Å². The molecule has 0 saturated carbocycles. The number of carbonyl (C=O) groups is 1. The van der Waals surface area contributed by atoms with Gasteiger partial charge in [-0.25, -0.2) is 13.1 Å². The van der Waals surface area contributed by atoms with E-state index < -0.39 is 27.7 Å². The average molecular weight is 421 g/mol. The van der Waals surface area contributed by atoms with E-state index >= 15 is 0 Å². The number of carbonyl (C=O) groups excluding carboxylic acids is 1. The average Bonchev–Trinajstić information content (AvgIpc) is 2.59. The number of halogens is 4. The molecule has 2 aromatic rings. The van der Waals surface area contributed by atoms with Gasteiger partial charge in [0, 0.05) is 19.5 Å². The quantitative estimate of drug-likeness (QED) is 0.721. The van der Waals surface area contributed by atoms with E-state index in [0.29, 0.717) is 0 Å². The standard InChI is InChI=1S/C17H16ClF3N2O3S/c18-14-6-1-2-7-15(14)27(25,26)23-9-8-16(24)22-11-12-4-3-5-13(10-12)17(19,20)21/h1-7,10,23H,8-9,11H2,(H,22,24). The van der Waals surface area contributed by atoms with Crippen molar-refractivity contribution < 1.29 is 26.4 Å². The molecule has 146 valence electrons. The number of hydrogen-bond donors (Lipinski definition) is 2. The fraction of sp³-hybridized carbons (Fsp3) is 0.235. The fourth-order valence-electron chi connectivity index (χ4n) is 2.19. The molecule has 0 bridgehead atoms. The minimum Gasteiger partial charge on any atom is -0.352 e. The molecule has 0 saturated heterocycles. The molecule has 1 amide bonds. The van der Waals surface area contributed by atoms with E-state index in [1.165, 1.54) is 30.3 Å². The Morgan fingerprint density at radius 2 is 1.78 bits per heavy atom. The van der Waals surface area contributed by atoms with E-state index in [9.17, 15) is 26.4 Å². The molecule has 0 fully saturated rings. The first kappa shape index (κ1) is 21.2. The van der Waals surface area contributed by atoms with Gasteiger partial charge in [-0.3, -0.25) is 4.79 Å². The van der Waals surface area contributed by atoms with Gasteiger partial charge in [-0.15, -0.1) is 0 Å². The van der Waals surface area contributed by atoms with E-state index in [0.717, 1.165) is 12.1 Å². The summed E-state index contributed by atoms with van der Waals surface area (Å²) in [5.74, 6) is -0.505. The van der Waals surface area contributed by atoms with Crippen LogP contribution in [0.15, 0.2) is 53.4 Å². The maximum Gasteiger partial charge on any atom is 0.416 e. The zero-order valence-electron chi connectivity index (χ0n) is 13.9. The van der Waals surface area contributed by atoms with Crippen LogP contribution in [0.4, 0.5) is 13.2 Å². The number of nitrogens with one attached hydrogen (secondary N) is 2. The summed E-state index contributed by atoms with van der Waals surface area (Å²) in [6.45, 7) is -0.276. The highest BCUT2D eigenvalue weighted by atomic mass is 35.5. The second kappa shape index (κ2) is 8.73. The highest BCUT2D eigenvalue weighted by Gasteiger charge is 2.30. The number of sulfonamides is 1. The first-order chi connectivity index (χ1) is 12.6. The number of benzene rings is 2. The lowest BCUT2D eigenvalue weighted by atomic mass is 10.1. The minimum absolute atomic E-state index is 0.0546. The third-order valence-electron chi connectivity index (χ3n) is 3.51. The Labute approximate surface area is 159 Å². The topological polar surface area (TPSA) is 75.3 Å². The lowest BCUT2D eigenvalue weighted by Crippen LogP contribution is -2.30. The van der Waals surface area contributed by atoms with Gasteiger partial charge < -0.3 is 5.32 Å². The van der Waals surface area contributed by atoms with E-state index in [-0.39, 0.29) is 35.0 Å². The maximum atomic E-state index is 12.7. The molecule has 2 aromatic carbocycles. The van der Waals surface area contributed by atoms with Crippen LogP contribution in [-0.2, 0) is 27.5 Å². The molecule has 2 rings (SSSR count). The fourth-order valence-corrected chi connectivity index (χ4v) is 3.74. The summed E-state index contributed by atoms with van der Waals surface area (Å²) < 4.78 is 64.4. The minimum atomic E-state index is -4.46. The van der Waals surface area contributed by atoms with Gasteiger partial charge in [0.15, 0.2) is 0 Å². The molecule has 0 aliphatic carbocycles. The van der Waals surface area contributed by atoms with Gasteiger partial charge in [-0.1, -0.05) is 35.9 Å². The zero-order valence-corrected chi connectivity index (χ0v) is 15.5. The first-order valence-corrected chi connectivity index (χ1v) is 9.63. The molecule has 5 nitrogen and oxygen atoms in total. The predicted octanol–water partition coefficient (Wildman–Crippen LogP) is 3.34. The van der Waals surface area contributed by atoms with Crippen LogP contribution in [0.25, 0.3) is 0 Å². The van der Waals surface area contributed by atoms with Crippen molar-refractivity contribution in [2.75, 3.05) is 6.54 Å². The molecule has 27 heavy (non-hydrogen) atoms. The number of rotatable bonds is 7. The van der Waals surface area contributed by atoms with Crippen LogP contribution in [0.1, 0.15) is 17.5 Å². The highest BCUT2D eigenvalue weighted by molar-refractivity contribution is 7.89. The Hall–Kier alpha value is -2.10. The highest BCUT2D eigenvalue weighted by Crippen LogP contribution is 2.29. The Morgan fingerprint density at radius 3 is 2.44 bits per heavy atom. The van der Waals surface area contributed by atoms with Gasteiger partial charge in [0.2, 0.25) is 15.9 Å². The summed E-state index contributed by atoms with van der Waals surface area (Å²) in [5.41, 5.74) is -0.517. The molecular formula is C17H16ClF3N2O3S. The maximum absolute atomic E-state index is 12.7. The van der Waals surface area contributed by atoms with Crippen molar-refractivity contribution in [3.63, 3.8) is 0 Å². The van der Waals surface area contributed by atoms with Gasteiger partial charge in [-0.2, -0.15) is 13.2 Å². The van der Waals surface area contributed by atoms with Crippen LogP contribution >= 0.6 is 11.6 Å². The lowest BCUT2D eigenvalue weighted by molar-refractivity contribution is -0.137. The summed E-state index contributed by atoms with van der Waals surface area (Å²) in [6, 6.07) is 10.5. The predicted molar refractivity (Wildman–Crippen MR) is 94.5 cm³/mol. The van der Waals surface area contributed by atoms with E-state index in [1.807, 2.05) is 0 Å². The van der Waals surface area contributed by atoms with E-state index in [1.54, 1.807) is 6.07 Å². The Bertz CT molecular complexity index is 918. The summed E-state index contributed by atoms with van der Waals surface area (Å²) >= 11 is 5.83. The van der Waals surface area contributed by atoms with Gasteiger partial charge in [0.05, 0.1) is 10.6 Å². The van der Waals surface area contributed by atoms with Crippen LogP contribution in [0.5, 0.6) is 0 Å². The molecular weight excluding hydrogens is 405 g/mol. The van der Waals surface area contributed by atoms with Crippen LogP contribution in [-0.4, -0.2) is 20.9 Å². The van der Waals surface area contributed by atoms with Crippen LogP contribution in [0.3, 0.4) is 0 Å². The van der Waals surface area contributed by atoms with Gasteiger partial charge in [0.1, 0.15) is 4.90 Å². The smallest absolute Gasteiger partial charge is 0.352 e. The van der Waals surface area contributed by atoms with Crippen LogP contribution in [0, 0.1) is 0 Å². The summed E-state index contributed by atoms with van der Waals surface area (Å²) in [6.07, 6.45) is -4.64. The van der Waals surface area contributed by atoms with Crippen molar-refractivity contribution in [2.24, 2.45) is 0 Å². The van der Waals surface area contributed by atoms with Crippen molar-refractivity contribution in [1.29, 1.82) is 0 Å². The van der Waals surface area contributed by atoms with Gasteiger partial charge in [-0.05, 0) is 29.8 Å².